The van der Waals surface area contributed by atoms with Gasteiger partial charge in [0.1, 0.15) is 10.2 Å². The highest BCUT2D eigenvalue weighted by Crippen LogP contribution is 2.27. The van der Waals surface area contributed by atoms with Crippen molar-refractivity contribution in [2.45, 2.75) is 13.3 Å². The highest BCUT2D eigenvalue weighted by molar-refractivity contribution is 9.14. The van der Waals surface area contributed by atoms with E-state index < -0.39 is 5.91 Å². The molecule has 0 aliphatic carbocycles. The Balaban J connectivity index is 2.85. The maximum absolute atomic E-state index is 12.4. The van der Waals surface area contributed by atoms with Gasteiger partial charge in [-0.15, -0.1) is 0 Å². The lowest BCUT2D eigenvalue weighted by molar-refractivity contribution is -0.114. The van der Waals surface area contributed by atoms with E-state index in [1.165, 1.54) is 0 Å². The summed E-state index contributed by atoms with van der Waals surface area (Å²) in [6, 6.07) is 7.33. The van der Waals surface area contributed by atoms with Gasteiger partial charge in [-0.25, -0.2) is 10.9 Å². The van der Waals surface area contributed by atoms with E-state index in [4.69, 9.17) is 16.3 Å². The molecule has 0 aliphatic heterocycles. The fourth-order valence-electron chi connectivity index (χ4n) is 1.56. The number of hydrazine groups is 1. The summed E-state index contributed by atoms with van der Waals surface area (Å²) < 4.78 is 6.04. The van der Waals surface area contributed by atoms with E-state index >= 15 is 0 Å². The number of nitrogens with two attached hydrogens (primary N) is 2. The number of allylic oxidation sites excluding steroid dienone is 1. The minimum atomic E-state index is -0.416. The van der Waals surface area contributed by atoms with Crippen LogP contribution in [0, 0.1) is 6.92 Å². The molecule has 0 atom stereocenters. The smallest absolute Gasteiger partial charge is 0.280 e. The Bertz CT molecular complexity index is 588. The van der Waals surface area contributed by atoms with Crippen molar-refractivity contribution in [2.24, 2.45) is 11.6 Å². The molecule has 0 spiro atoms. The monoisotopic (exact) mass is 431 g/mol. The van der Waals surface area contributed by atoms with Crippen molar-refractivity contribution < 1.29 is 9.53 Å². The average Bonchev–Trinajstić information content (AvgIpc) is 2.52. The zero-order chi connectivity index (χ0) is 16.7. The van der Waals surface area contributed by atoms with Crippen molar-refractivity contribution >= 4 is 43.5 Å². The van der Waals surface area contributed by atoms with Gasteiger partial charge in [-0.3, -0.25) is 4.79 Å². The van der Waals surface area contributed by atoms with Crippen LogP contribution in [-0.2, 0) is 9.53 Å². The fourth-order valence-corrected chi connectivity index (χ4v) is 2.26. The second-order valence-corrected chi connectivity index (χ2v) is 6.14. The van der Waals surface area contributed by atoms with Crippen LogP contribution < -0.4 is 16.6 Å². The molecule has 1 aromatic carbocycles. The quantitative estimate of drug-likeness (QED) is 0.132. The topological polar surface area (TPSA) is 81.6 Å². The van der Waals surface area contributed by atoms with E-state index in [9.17, 15) is 4.79 Å². The highest BCUT2D eigenvalue weighted by atomic mass is 79.9. The molecule has 1 amide bonds. The summed E-state index contributed by atoms with van der Waals surface area (Å²) in [5.41, 5.74) is 7.00. The summed E-state index contributed by atoms with van der Waals surface area (Å²) in [4.78, 5) is 12.4. The van der Waals surface area contributed by atoms with Crippen LogP contribution in [0.4, 0.5) is 5.69 Å². The lowest BCUT2D eigenvalue weighted by Gasteiger charge is -2.18. The zero-order valence-electron chi connectivity index (χ0n) is 12.3. The van der Waals surface area contributed by atoms with Crippen molar-refractivity contribution in [1.29, 1.82) is 0 Å². The Morgan fingerprint density at radius 3 is 2.64 bits per heavy atom. The number of rotatable bonds is 7. The Morgan fingerprint density at radius 2 is 2.05 bits per heavy atom. The molecule has 0 unspecified atom stereocenters. The number of hydrogen-bond donors (Lipinski definition) is 2. The predicted octanol–water partition coefficient (Wildman–Crippen LogP) is 3.08. The Hall–Kier alpha value is -1.15. The van der Waals surface area contributed by atoms with Crippen LogP contribution in [0.15, 0.2) is 45.6 Å². The van der Waals surface area contributed by atoms with Crippen LogP contribution in [0.1, 0.15) is 12.0 Å². The van der Waals surface area contributed by atoms with Crippen LogP contribution in [-0.4, -0.2) is 19.1 Å². The van der Waals surface area contributed by atoms with Gasteiger partial charge in [0, 0.05) is 0 Å². The van der Waals surface area contributed by atoms with Gasteiger partial charge in [0.15, 0.2) is 0 Å². The fraction of sp³-hybridized carbons (Fsp3) is 0.267. The molecule has 120 valence electrons. The molecule has 5 nitrogen and oxygen atoms in total. The Morgan fingerprint density at radius 1 is 1.36 bits per heavy atom. The standard InChI is InChI=1S/C15H19Br2N3O2/c1-10-5-3-6-12(9-10)20(19)15(21)14(17)13(16)11(2)22-8-4-7-18/h3,5-6,9H,2,4,7-8,18-19H2,1H3/b14-13-. The lowest BCUT2D eigenvalue weighted by atomic mass is 10.2. The average molecular weight is 433 g/mol. The molecule has 0 saturated heterocycles. The van der Waals surface area contributed by atoms with E-state index in [-0.39, 0.29) is 4.48 Å². The number of aryl methyl sites for hydroxylation is 1. The van der Waals surface area contributed by atoms with Crippen molar-refractivity contribution in [1.82, 2.24) is 0 Å². The molecule has 0 heterocycles. The van der Waals surface area contributed by atoms with Crippen molar-refractivity contribution in [3.8, 4) is 0 Å². The number of anilines is 1. The number of nitrogens with zero attached hydrogens (tertiary/aromatic N) is 1. The van der Waals surface area contributed by atoms with E-state index in [1.54, 1.807) is 6.07 Å². The van der Waals surface area contributed by atoms with Crippen LogP contribution in [0.25, 0.3) is 0 Å². The normalized spacial score (nSPS) is 11.7. The SMILES string of the molecule is C=C(OCCCN)/C(Br)=C(/Br)C(=O)N(N)c1cccc(C)c1. The number of hydrogen-bond acceptors (Lipinski definition) is 4. The first-order valence-electron chi connectivity index (χ1n) is 6.61. The van der Waals surface area contributed by atoms with E-state index in [1.807, 2.05) is 25.1 Å². The molecule has 4 N–H and O–H groups in total. The van der Waals surface area contributed by atoms with E-state index in [2.05, 4.69) is 38.4 Å². The Kier molecular flexibility index (Phi) is 7.81. The largest absolute Gasteiger partial charge is 0.493 e. The molecule has 0 bridgehead atoms. The molecular formula is C15H19Br2N3O2. The molecule has 0 saturated carbocycles. The van der Waals surface area contributed by atoms with Crippen molar-refractivity contribution in [3.05, 3.63) is 51.1 Å². The van der Waals surface area contributed by atoms with Crippen LogP contribution in [0.2, 0.25) is 0 Å². The third kappa shape index (κ3) is 5.24. The number of halogens is 2. The van der Waals surface area contributed by atoms with Gasteiger partial charge in [-0.05, 0) is 69.4 Å². The van der Waals surface area contributed by atoms with Gasteiger partial charge in [0.05, 0.1) is 16.8 Å². The maximum Gasteiger partial charge on any atom is 0.280 e. The molecule has 1 aromatic rings. The Labute approximate surface area is 147 Å². The summed E-state index contributed by atoms with van der Waals surface area (Å²) >= 11 is 6.52. The van der Waals surface area contributed by atoms with Crippen LogP contribution in [0.3, 0.4) is 0 Å². The van der Waals surface area contributed by atoms with Gasteiger partial charge in [-0.2, -0.15) is 0 Å². The molecule has 0 aromatic heterocycles. The highest BCUT2D eigenvalue weighted by Gasteiger charge is 2.20. The van der Waals surface area contributed by atoms with E-state index in [0.717, 1.165) is 10.6 Å². The second-order valence-electron chi connectivity index (χ2n) is 4.56. The summed E-state index contributed by atoms with van der Waals surface area (Å²) in [5, 5.41) is 1.06. The molecule has 7 heteroatoms. The number of carbonyl (C=O) groups is 1. The first-order chi connectivity index (χ1) is 10.4. The van der Waals surface area contributed by atoms with Crippen LogP contribution in [0.5, 0.6) is 0 Å². The first kappa shape index (κ1) is 18.9. The van der Waals surface area contributed by atoms with Gasteiger partial charge in [0.25, 0.3) is 5.91 Å². The molecule has 22 heavy (non-hydrogen) atoms. The first-order valence-corrected chi connectivity index (χ1v) is 8.20. The van der Waals surface area contributed by atoms with Gasteiger partial charge in [-0.1, -0.05) is 18.7 Å². The van der Waals surface area contributed by atoms with Gasteiger partial charge in [0.2, 0.25) is 0 Å². The van der Waals surface area contributed by atoms with Gasteiger partial charge >= 0.3 is 0 Å². The molecular weight excluding hydrogens is 414 g/mol. The molecule has 0 fully saturated rings. The summed E-state index contributed by atoms with van der Waals surface area (Å²) in [6.07, 6.45) is 0.706. The van der Waals surface area contributed by atoms with Crippen molar-refractivity contribution in [3.63, 3.8) is 0 Å². The number of carbonyl (C=O) groups excluding carboxylic acids is 1. The van der Waals surface area contributed by atoms with Gasteiger partial charge < -0.3 is 10.5 Å². The third-order valence-corrected chi connectivity index (χ3v) is 4.86. The minimum absolute atomic E-state index is 0.231. The maximum atomic E-state index is 12.4. The number of benzene rings is 1. The summed E-state index contributed by atoms with van der Waals surface area (Å²) in [6.45, 7) is 6.65. The number of amides is 1. The predicted molar refractivity (Wildman–Crippen MR) is 96.5 cm³/mol. The molecule has 0 radical (unpaired) electrons. The molecule has 1 rings (SSSR count). The van der Waals surface area contributed by atoms with Crippen LogP contribution >= 0.6 is 31.9 Å². The lowest BCUT2D eigenvalue weighted by Crippen LogP contribution is -2.37. The summed E-state index contributed by atoms with van der Waals surface area (Å²) in [7, 11) is 0. The third-order valence-electron chi connectivity index (χ3n) is 2.75. The second kappa shape index (κ2) is 9.09. The number of ether oxygens (including phenoxy) is 1. The minimum Gasteiger partial charge on any atom is -0.493 e. The summed E-state index contributed by atoms with van der Waals surface area (Å²) in [5.74, 6) is 5.80. The van der Waals surface area contributed by atoms with E-state index in [0.29, 0.717) is 35.5 Å². The zero-order valence-corrected chi connectivity index (χ0v) is 15.5. The van der Waals surface area contributed by atoms with Crippen molar-refractivity contribution in [2.75, 3.05) is 18.2 Å². The molecule has 0 aliphatic rings.